The zero-order chi connectivity index (χ0) is 21.8. The van der Waals surface area contributed by atoms with Crippen molar-refractivity contribution < 1.29 is 9.13 Å². The summed E-state index contributed by atoms with van der Waals surface area (Å²) in [6.07, 6.45) is 6.96. The van der Waals surface area contributed by atoms with Gasteiger partial charge in [-0.3, -0.25) is 0 Å². The molecule has 3 aromatic carbocycles. The first-order valence-corrected chi connectivity index (χ1v) is 12.1. The van der Waals surface area contributed by atoms with Gasteiger partial charge in [0, 0.05) is 13.0 Å². The van der Waals surface area contributed by atoms with Gasteiger partial charge in [0.25, 0.3) is 0 Å². The molecule has 1 heterocycles. The predicted molar refractivity (Wildman–Crippen MR) is 128 cm³/mol. The standard InChI is InChI=1S/C29H32FNO/c30-27-11-13-28(14-12-27)32-29(26-10-9-23-7-4-8-25(23)21-26)17-20-31-18-15-24(16-19-31)22-5-2-1-3-6-22/h1-3,5-6,9-14,21,24,29H,4,7-8,15-20H2. The van der Waals surface area contributed by atoms with E-state index < -0.39 is 0 Å². The molecule has 0 saturated carbocycles. The fourth-order valence-electron chi connectivity index (χ4n) is 5.28. The highest BCUT2D eigenvalue weighted by molar-refractivity contribution is 5.37. The Labute approximate surface area is 191 Å². The maximum absolute atomic E-state index is 13.4. The number of nitrogens with zero attached hydrogens (tertiary/aromatic N) is 1. The number of fused-ring (bicyclic) bond motifs is 1. The van der Waals surface area contributed by atoms with Crippen molar-refractivity contribution in [1.82, 2.24) is 4.90 Å². The van der Waals surface area contributed by atoms with E-state index in [0.29, 0.717) is 5.92 Å². The molecule has 166 valence electrons. The number of ether oxygens (including phenoxy) is 1. The second kappa shape index (κ2) is 9.87. The molecule has 1 fully saturated rings. The van der Waals surface area contributed by atoms with Crippen LogP contribution < -0.4 is 4.74 Å². The topological polar surface area (TPSA) is 12.5 Å². The number of hydrogen-bond acceptors (Lipinski definition) is 2. The lowest BCUT2D eigenvalue weighted by Gasteiger charge is -2.33. The van der Waals surface area contributed by atoms with Crippen LogP contribution in [0, 0.1) is 5.82 Å². The number of piperidine rings is 1. The monoisotopic (exact) mass is 429 g/mol. The smallest absolute Gasteiger partial charge is 0.125 e. The Morgan fingerprint density at radius 2 is 1.62 bits per heavy atom. The zero-order valence-corrected chi connectivity index (χ0v) is 18.7. The number of aryl methyl sites for hydroxylation is 2. The lowest BCUT2D eigenvalue weighted by atomic mass is 9.89. The summed E-state index contributed by atoms with van der Waals surface area (Å²) >= 11 is 0. The van der Waals surface area contributed by atoms with Crippen LogP contribution in [-0.4, -0.2) is 24.5 Å². The third kappa shape index (κ3) is 5.05. The maximum atomic E-state index is 13.4. The molecule has 1 saturated heterocycles. The first-order valence-electron chi connectivity index (χ1n) is 12.1. The minimum absolute atomic E-state index is 0.0155. The fraction of sp³-hybridized carbons (Fsp3) is 0.379. The molecule has 0 bridgehead atoms. The van der Waals surface area contributed by atoms with E-state index >= 15 is 0 Å². The molecule has 2 aliphatic rings. The lowest BCUT2D eigenvalue weighted by molar-refractivity contribution is 0.147. The summed E-state index contributed by atoms with van der Waals surface area (Å²) in [6.45, 7) is 3.28. The molecule has 3 heteroatoms. The molecule has 1 atom stereocenters. The molecule has 2 nitrogen and oxygen atoms in total. The van der Waals surface area contributed by atoms with Gasteiger partial charge in [0.15, 0.2) is 0 Å². The van der Waals surface area contributed by atoms with Crippen molar-refractivity contribution in [1.29, 1.82) is 0 Å². The summed E-state index contributed by atoms with van der Waals surface area (Å²) in [5.74, 6) is 1.18. The Balaban J connectivity index is 1.24. The first kappa shape index (κ1) is 21.2. The number of benzene rings is 3. The summed E-state index contributed by atoms with van der Waals surface area (Å²) in [5, 5.41) is 0. The van der Waals surface area contributed by atoms with E-state index in [1.807, 2.05) is 0 Å². The van der Waals surface area contributed by atoms with Crippen LogP contribution in [0.5, 0.6) is 5.75 Å². The second-order valence-electron chi connectivity index (χ2n) is 9.26. The number of halogens is 1. The summed E-state index contributed by atoms with van der Waals surface area (Å²) in [4.78, 5) is 2.58. The maximum Gasteiger partial charge on any atom is 0.125 e. The van der Waals surface area contributed by atoms with Crippen LogP contribution in [0.25, 0.3) is 0 Å². The second-order valence-corrected chi connectivity index (χ2v) is 9.26. The first-order chi connectivity index (χ1) is 15.7. The average molecular weight is 430 g/mol. The third-order valence-electron chi connectivity index (χ3n) is 7.15. The molecular weight excluding hydrogens is 397 g/mol. The van der Waals surface area contributed by atoms with Crippen molar-refractivity contribution in [3.8, 4) is 5.75 Å². The van der Waals surface area contributed by atoms with Crippen LogP contribution in [0.3, 0.4) is 0 Å². The molecule has 3 aromatic rings. The van der Waals surface area contributed by atoms with Gasteiger partial charge in [-0.2, -0.15) is 0 Å². The normalized spacial score (nSPS) is 17.8. The fourth-order valence-corrected chi connectivity index (χ4v) is 5.28. The van der Waals surface area contributed by atoms with E-state index in [2.05, 4.69) is 53.4 Å². The van der Waals surface area contributed by atoms with Crippen molar-refractivity contribution in [2.24, 2.45) is 0 Å². The van der Waals surface area contributed by atoms with E-state index in [9.17, 15) is 4.39 Å². The number of likely N-dealkylation sites (tertiary alicyclic amines) is 1. The summed E-state index contributed by atoms with van der Waals surface area (Å²) < 4.78 is 19.8. The van der Waals surface area contributed by atoms with E-state index in [1.54, 1.807) is 12.1 Å². The van der Waals surface area contributed by atoms with Crippen LogP contribution in [-0.2, 0) is 12.8 Å². The Kier molecular flexibility index (Phi) is 6.54. The molecule has 1 unspecified atom stereocenters. The summed E-state index contributed by atoms with van der Waals surface area (Å²) in [5.41, 5.74) is 5.67. The quantitative estimate of drug-likeness (QED) is 0.414. The highest BCUT2D eigenvalue weighted by Gasteiger charge is 2.23. The van der Waals surface area contributed by atoms with Crippen LogP contribution in [0.2, 0.25) is 0 Å². The molecule has 0 amide bonds. The van der Waals surface area contributed by atoms with Crippen LogP contribution >= 0.6 is 0 Å². The molecule has 0 aromatic heterocycles. The Morgan fingerprint density at radius 3 is 2.41 bits per heavy atom. The van der Waals surface area contributed by atoms with E-state index in [-0.39, 0.29) is 11.9 Å². The van der Waals surface area contributed by atoms with Crippen molar-refractivity contribution in [3.63, 3.8) is 0 Å². The number of hydrogen-bond donors (Lipinski definition) is 0. The molecular formula is C29H32FNO. The Hall–Kier alpha value is -2.65. The SMILES string of the molecule is Fc1ccc(OC(CCN2CCC(c3ccccc3)CC2)c2ccc3c(c2)CCC3)cc1. The molecule has 0 spiro atoms. The van der Waals surface area contributed by atoms with Crippen molar-refractivity contribution >= 4 is 0 Å². The Morgan fingerprint density at radius 1 is 0.875 bits per heavy atom. The van der Waals surface area contributed by atoms with Gasteiger partial charge in [-0.15, -0.1) is 0 Å². The molecule has 32 heavy (non-hydrogen) atoms. The van der Waals surface area contributed by atoms with Crippen LogP contribution in [0.15, 0.2) is 72.8 Å². The highest BCUT2D eigenvalue weighted by atomic mass is 19.1. The third-order valence-corrected chi connectivity index (χ3v) is 7.15. The minimum Gasteiger partial charge on any atom is -0.486 e. The molecule has 0 radical (unpaired) electrons. The van der Waals surface area contributed by atoms with Gasteiger partial charge in [0.1, 0.15) is 17.7 Å². The van der Waals surface area contributed by atoms with Gasteiger partial charge in [-0.1, -0.05) is 48.5 Å². The molecule has 0 N–H and O–H groups in total. The van der Waals surface area contributed by atoms with Crippen molar-refractivity contribution in [2.45, 2.75) is 50.5 Å². The van der Waals surface area contributed by atoms with E-state index in [4.69, 9.17) is 4.74 Å². The van der Waals surface area contributed by atoms with Gasteiger partial charge in [0.05, 0.1) is 0 Å². The number of rotatable bonds is 7. The summed E-state index contributed by atoms with van der Waals surface area (Å²) in [6, 6.07) is 24.2. The summed E-state index contributed by atoms with van der Waals surface area (Å²) in [7, 11) is 0. The lowest BCUT2D eigenvalue weighted by Crippen LogP contribution is -2.34. The zero-order valence-electron chi connectivity index (χ0n) is 18.7. The van der Waals surface area contributed by atoms with Gasteiger partial charge in [0.2, 0.25) is 0 Å². The molecule has 1 aliphatic carbocycles. The van der Waals surface area contributed by atoms with Gasteiger partial charge in [-0.05, 0) is 97.6 Å². The Bertz CT molecular complexity index is 1010. The highest BCUT2D eigenvalue weighted by Crippen LogP contribution is 2.32. The largest absolute Gasteiger partial charge is 0.486 e. The van der Waals surface area contributed by atoms with Gasteiger partial charge < -0.3 is 9.64 Å². The predicted octanol–water partition coefficient (Wildman–Crippen LogP) is 6.70. The molecule has 1 aliphatic heterocycles. The molecule has 5 rings (SSSR count). The van der Waals surface area contributed by atoms with Gasteiger partial charge in [-0.25, -0.2) is 4.39 Å². The van der Waals surface area contributed by atoms with Crippen LogP contribution in [0.4, 0.5) is 4.39 Å². The van der Waals surface area contributed by atoms with E-state index in [0.717, 1.165) is 31.8 Å². The minimum atomic E-state index is -0.229. The van der Waals surface area contributed by atoms with Gasteiger partial charge >= 0.3 is 0 Å². The van der Waals surface area contributed by atoms with E-state index in [1.165, 1.54) is 66.5 Å². The van der Waals surface area contributed by atoms with Crippen molar-refractivity contribution in [3.05, 3.63) is 101 Å². The average Bonchev–Trinajstić information content (AvgIpc) is 3.32. The van der Waals surface area contributed by atoms with Crippen LogP contribution in [0.1, 0.15) is 60.0 Å². The van der Waals surface area contributed by atoms with Crippen molar-refractivity contribution in [2.75, 3.05) is 19.6 Å².